The number of hydrogen-bond acceptors (Lipinski definition) is 8. The Bertz CT molecular complexity index is 1020. The maximum Gasteiger partial charge on any atom is 0.254 e. The zero-order chi connectivity index (χ0) is 23.4. The molecule has 5 N–H and O–H groups in total. The summed E-state index contributed by atoms with van der Waals surface area (Å²) in [6, 6.07) is 7.30. The number of piperidine rings is 1. The minimum Gasteiger partial charge on any atom is -0.383 e. The van der Waals surface area contributed by atoms with Crippen molar-refractivity contribution >= 4 is 41.7 Å². The standard InChI is InChI=1S/C23H31N7O3.ClH/c1-33-14-18-8-4-10-30(18)22(32)15-5-2-7-17(11-15)27-21-19(20(25)31)12-26-23(28-21)29-9-3-6-16(24)13-29;/h2,5,7,11-12,16,18H,3-4,6,8-10,13-14,24H2,1H3,(H2,25,31)(H,26,27,28);1H/t16-,18+;/m0./s1. The number of primary amides is 1. The molecule has 34 heavy (non-hydrogen) atoms. The Kier molecular flexibility index (Phi) is 8.65. The van der Waals surface area contributed by atoms with E-state index in [1.54, 1.807) is 25.3 Å². The number of amides is 2. The summed E-state index contributed by atoms with van der Waals surface area (Å²) in [4.78, 5) is 37.9. The van der Waals surface area contributed by atoms with Gasteiger partial charge in [-0.3, -0.25) is 9.59 Å². The monoisotopic (exact) mass is 489 g/mol. The van der Waals surface area contributed by atoms with E-state index < -0.39 is 5.91 Å². The number of likely N-dealkylation sites (tertiary alicyclic amines) is 1. The van der Waals surface area contributed by atoms with E-state index in [0.29, 0.717) is 42.7 Å². The molecule has 10 nitrogen and oxygen atoms in total. The minimum atomic E-state index is -0.633. The molecule has 0 saturated carbocycles. The molecule has 2 aliphatic rings. The second-order valence-corrected chi connectivity index (χ2v) is 8.60. The predicted molar refractivity (Wildman–Crippen MR) is 133 cm³/mol. The molecule has 1 aromatic heterocycles. The number of anilines is 3. The van der Waals surface area contributed by atoms with Crippen molar-refractivity contribution in [2.75, 3.05) is 43.6 Å². The fourth-order valence-corrected chi connectivity index (χ4v) is 4.49. The van der Waals surface area contributed by atoms with E-state index in [2.05, 4.69) is 15.3 Å². The van der Waals surface area contributed by atoms with Crippen molar-refractivity contribution in [2.45, 2.75) is 37.8 Å². The summed E-state index contributed by atoms with van der Waals surface area (Å²) >= 11 is 0. The molecule has 0 unspecified atom stereocenters. The van der Waals surface area contributed by atoms with Gasteiger partial charge in [0.05, 0.1) is 12.6 Å². The van der Waals surface area contributed by atoms with Crippen LogP contribution in [0.2, 0.25) is 0 Å². The van der Waals surface area contributed by atoms with Gasteiger partial charge in [-0.2, -0.15) is 4.98 Å². The van der Waals surface area contributed by atoms with Crippen molar-refractivity contribution in [3.63, 3.8) is 0 Å². The summed E-state index contributed by atoms with van der Waals surface area (Å²) < 4.78 is 5.27. The van der Waals surface area contributed by atoms with E-state index in [4.69, 9.17) is 16.2 Å². The van der Waals surface area contributed by atoms with Crippen LogP contribution in [0.3, 0.4) is 0 Å². The third-order valence-electron chi connectivity index (χ3n) is 6.15. The normalized spacial score (nSPS) is 20.1. The number of benzene rings is 1. The molecule has 4 rings (SSSR count). The van der Waals surface area contributed by atoms with E-state index in [-0.39, 0.29) is 36.0 Å². The van der Waals surface area contributed by atoms with Gasteiger partial charge >= 0.3 is 0 Å². The molecular weight excluding hydrogens is 458 g/mol. The fraction of sp³-hybridized carbons (Fsp3) is 0.478. The van der Waals surface area contributed by atoms with Gasteiger partial charge in [0.1, 0.15) is 11.4 Å². The number of hydrogen-bond donors (Lipinski definition) is 3. The average Bonchev–Trinajstić information content (AvgIpc) is 3.27. The van der Waals surface area contributed by atoms with Gasteiger partial charge in [0, 0.05) is 50.2 Å². The highest BCUT2D eigenvalue weighted by molar-refractivity contribution is 5.99. The molecule has 0 aliphatic carbocycles. The van der Waals surface area contributed by atoms with Crippen LogP contribution >= 0.6 is 12.4 Å². The van der Waals surface area contributed by atoms with Gasteiger partial charge in [0.2, 0.25) is 5.95 Å². The van der Waals surface area contributed by atoms with Crippen molar-refractivity contribution in [3.05, 3.63) is 41.6 Å². The number of halogens is 1. The van der Waals surface area contributed by atoms with Crippen LogP contribution in [0.1, 0.15) is 46.4 Å². The lowest BCUT2D eigenvalue weighted by molar-refractivity contribution is 0.0630. The highest BCUT2D eigenvalue weighted by Gasteiger charge is 2.29. The maximum absolute atomic E-state index is 13.1. The molecule has 0 bridgehead atoms. The van der Waals surface area contributed by atoms with E-state index in [1.807, 2.05) is 15.9 Å². The van der Waals surface area contributed by atoms with Crippen LogP contribution in [0.4, 0.5) is 17.5 Å². The molecular formula is C23H32ClN7O3. The zero-order valence-electron chi connectivity index (χ0n) is 19.3. The molecule has 184 valence electrons. The first-order chi connectivity index (χ1) is 16.0. The summed E-state index contributed by atoms with van der Waals surface area (Å²) in [5.41, 5.74) is 13.0. The molecule has 0 radical (unpaired) electrons. The van der Waals surface area contributed by atoms with Crippen LogP contribution in [0.5, 0.6) is 0 Å². The summed E-state index contributed by atoms with van der Waals surface area (Å²) in [5, 5.41) is 3.16. The molecule has 2 atom stereocenters. The fourth-order valence-electron chi connectivity index (χ4n) is 4.49. The summed E-state index contributed by atoms with van der Waals surface area (Å²) in [6.45, 7) is 2.68. The van der Waals surface area contributed by atoms with Gasteiger partial charge in [-0.15, -0.1) is 12.4 Å². The maximum atomic E-state index is 13.1. The topological polar surface area (TPSA) is 140 Å². The first kappa shape index (κ1) is 25.7. The number of carbonyl (C=O) groups is 2. The number of aromatic nitrogens is 2. The van der Waals surface area contributed by atoms with Crippen LogP contribution in [0.15, 0.2) is 30.5 Å². The van der Waals surface area contributed by atoms with Crippen molar-refractivity contribution in [2.24, 2.45) is 11.5 Å². The Labute approximate surface area is 205 Å². The molecule has 1 aromatic carbocycles. The van der Waals surface area contributed by atoms with Gasteiger partial charge < -0.3 is 31.3 Å². The number of nitrogens with two attached hydrogens (primary N) is 2. The second kappa shape index (κ2) is 11.5. The highest BCUT2D eigenvalue weighted by atomic mass is 35.5. The summed E-state index contributed by atoms with van der Waals surface area (Å²) in [6.07, 6.45) is 5.24. The highest BCUT2D eigenvalue weighted by Crippen LogP contribution is 2.25. The lowest BCUT2D eigenvalue weighted by Gasteiger charge is -2.31. The molecule has 2 amide bonds. The van der Waals surface area contributed by atoms with E-state index in [0.717, 1.165) is 32.2 Å². The molecule has 0 spiro atoms. The van der Waals surface area contributed by atoms with E-state index in [9.17, 15) is 9.59 Å². The molecule has 3 heterocycles. The average molecular weight is 490 g/mol. The first-order valence-electron chi connectivity index (χ1n) is 11.3. The Hall–Kier alpha value is -2.95. The number of nitrogens with zero attached hydrogens (tertiary/aromatic N) is 4. The molecule has 11 heteroatoms. The second-order valence-electron chi connectivity index (χ2n) is 8.60. The Morgan fingerprint density at radius 2 is 2.03 bits per heavy atom. The Balaban J connectivity index is 0.00000324. The van der Waals surface area contributed by atoms with Crippen molar-refractivity contribution in [1.82, 2.24) is 14.9 Å². The van der Waals surface area contributed by atoms with Gasteiger partial charge in [0.15, 0.2) is 0 Å². The number of carbonyl (C=O) groups excluding carboxylic acids is 2. The van der Waals surface area contributed by atoms with Crippen molar-refractivity contribution < 1.29 is 14.3 Å². The molecule has 2 aliphatic heterocycles. The quantitative estimate of drug-likeness (QED) is 0.535. The summed E-state index contributed by atoms with van der Waals surface area (Å²) in [5.74, 6) is 0.115. The van der Waals surface area contributed by atoms with E-state index >= 15 is 0 Å². The van der Waals surface area contributed by atoms with Gasteiger partial charge in [0.25, 0.3) is 11.8 Å². The minimum absolute atomic E-state index is 0. The molecule has 2 saturated heterocycles. The number of methoxy groups -OCH3 is 1. The summed E-state index contributed by atoms with van der Waals surface area (Å²) in [7, 11) is 1.65. The Morgan fingerprint density at radius 1 is 1.24 bits per heavy atom. The van der Waals surface area contributed by atoms with Crippen molar-refractivity contribution in [1.29, 1.82) is 0 Å². The van der Waals surface area contributed by atoms with Crippen LogP contribution in [0, 0.1) is 0 Å². The van der Waals surface area contributed by atoms with Gasteiger partial charge in [-0.05, 0) is 43.9 Å². The molecule has 2 fully saturated rings. The third-order valence-corrected chi connectivity index (χ3v) is 6.15. The lowest BCUT2D eigenvalue weighted by atomic mass is 10.1. The van der Waals surface area contributed by atoms with Crippen molar-refractivity contribution in [3.8, 4) is 0 Å². The van der Waals surface area contributed by atoms with E-state index in [1.165, 1.54) is 6.20 Å². The van der Waals surface area contributed by atoms with Crippen LogP contribution in [-0.4, -0.2) is 72.1 Å². The lowest BCUT2D eigenvalue weighted by Crippen LogP contribution is -2.43. The van der Waals surface area contributed by atoms with Gasteiger partial charge in [-0.1, -0.05) is 6.07 Å². The van der Waals surface area contributed by atoms with Crippen LogP contribution in [0.25, 0.3) is 0 Å². The number of ether oxygens (including phenoxy) is 1. The Morgan fingerprint density at radius 3 is 2.76 bits per heavy atom. The zero-order valence-corrected chi connectivity index (χ0v) is 20.1. The smallest absolute Gasteiger partial charge is 0.254 e. The first-order valence-corrected chi connectivity index (χ1v) is 11.3. The van der Waals surface area contributed by atoms with Gasteiger partial charge in [-0.25, -0.2) is 4.98 Å². The predicted octanol–water partition coefficient (Wildman–Crippen LogP) is 1.92. The third kappa shape index (κ3) is 5.75. The SMILES string of the molecule is COC[C@H]1CCCN1C(=O)c1cccc(Nc2nc(N3CCC[C@H](N)C3)ncc2C(N)=O)c1.Cl. The molecule has 2 aromatic rings. The number of nitrogens with one attached hydrogen (secondary N) is 1. The van der Waals surface area contributed by atoms with Crippen LogP contribution in [-0.2, 0) is 4.74 Å². The number of rotatable bonds is 7. The van der Waals surface area contributed by atoms with Crippen LogP contribution < -0.4 is 21.7 Å². The largest absolute Gasteiger partial charge is 0.383 e.